The minimum absolute atomic E-state index is 0.0272. The topological polar surface area (TPSA) is 116 Å². The molecule has 0 aromatic carbocycles. The van der Waals surface area contributed by atoms with Crippen LogP contribution in [0.3, 0.4) is 0 Å². The summed E-state index contributed by atoms with van der Waals surface area (Å²) in [4.78, 5) is 23.3. The van der Waals surface area contributed by atoms with Crippen molar-refractivity contribution >= 4 is 23.7 Å². The summed E-state index contributed by atoms with van der Waals surface area (Å²) < 4.78 is 7.35. The average Bonchev–Trinajstić information content (AvgIpc) is 3.14. The molecule has 0 fully saturated rings. The van der Waals surface area contributed by atoms with Gasteiger partial charge in [0, 0.05) is 5.92 Å². The number of furan rings is 1. The Morgan fingerprint density at radius 3 is 2.56 bits per heavy atom. The molecule has 2 aromatic heterocycles. The Balaban J connectivity index is 2.30. The number of hydrogen-bond donors (Lipinski definition) is 2. The second-order valence-corrected chi connectivity index (χ2v) is 7.41. The molecule has 0 bridgehead atoms. The van der Waals surface area contributed by atoms with Crippen LogP contribution in [0.2, 0.25) is 0 Å². The minimum Gasteiger partial charge on any atom is -0.467 e. The fourth-order valence-electron chi connectivity index (χ4n) is 2.32. The number of thioether (sulfide) groups is 1. The third kappa shape index (κ3) is 4.85. The number of aromatic nitrogens is 3. The summed E-state index contributed by atoms with van der Waals surface area (Å²) in [6.45, 7) is 8.31. The van der Waals surface area contributed by atoms with E-state index in [4.69, 9.17) is 10.2 Å². The molecule has 0 aliphatic rings. The van der Waals surface area contributed by atoms with Crippen LogP contribution in [0.5, 0.6) is 0 Å². The monoisotopic (exact) mass is 365 g/mol. The van der Waals surface area contributed by atoms with E-state index < -0.39 is 17.2 Å². The van der Waals surface area contributed by atoms with Crippen LogP contribution in [0.4, 0.5) is 4.79 Å². The maximum atomic E-state index is 12.3. The zero-order valence-electron chi connectivity index (χ0n) is 14.7. The molecule has 2 aromatic rings. The number of nitrogens with two attached hydrogens (primary N) is 1. The van der Waals surface area contributed by atoms with Crippen LogP contribution in [0, 0.1) is 5.92 Å². The number of amides is 3. The molecule has 3 amide bonds. The fraction of sp³-hybridized carbons (Fsp3) is 0.500. The van der Waals surface area contributed by atoms with Crippen LogP contribution in [-0.4, -0.2) is 32.0 Å². The number of carbonyl (C=O) groups excluding carboxylic acids is 2. The second kappa shape index (κ2) is 8.19. The lowest BCUT2D eigenvalue weighted by Gasteiger charge is -2.19. The first-order chi connectivity index (χ1) is 11.8. The van der Waals surface area contributed by atoms with Crippen molar-refractivity contribution in [2.75, 3.05) is 0 Å². The number of urea groups is 1. The van der Waals surface area contributed by atoms with E-state index in [9.17, 15) is 9.59 Å². The van der Waals surface area contributed by atoms with Gasteiger partial charge in [0.2, 0.25) is 5.91 Å². The summed E-state index contributed by atoms with van der Waals surface area (Å²) in [5, 5.41) is 10.7. The minimum atomic E-state index is -0.865. The van der Waals surface area contributed by atoms with E-state index in [1.807, 2.05) is 44.4 Å². The lowest BCUT2D eigenvalue weighted by molar-refractivity contribution is -0.120. The quantitative estimate of drug-likeness (QED) is 0.728. The van der Waals surface area contributed by atoms with Gasteiger partial charge in [-0.25, -0.2) is 4.79 Å². The summed E-state index contributed by atoms with van der Waals surface area (Å²) in [7, 11) is 0. The van der Waals surface area contributed by atoms with Crippen molar-refractivity contribution in [3.8, 4) is 0 Å². The predicted molar refractivity (Wildman–Crippen MR) is 94.1 cm³/mol. The zero-order chi connectivity index (χ0) is 18.6. The maximum Gasteiger partial charge on any atom is 0.318 e. The molecule has 9 heteroatoms. The highest BCUT2D eigenvalue weighted by molar-refractivity contribution is 8.00. The van der Waals surface area contributed by atoms with Crippen molar-refractivity contribution in [2.45, 2.75) is 50.6 Å². The number of rotatable bonds is 7. The third-order valence-electron chi connectivity index (χ3n) is 3.50. The van der Waals surface area contributed by atoms with Gasteiger partial charge < -0.3 is 10.2 Å². The molecule has 2 rings (SSSR count). The summed E-state index contributed by atoms with van der Waals surface area (Å²) in [5.74, 6) is 1.27. The Hall–Kier alpha value is -2.29. The van der Waals surface area contributed by atoms with Gasteiger partial charge in [-0.05, 0) is 18.1 Å². The Morgan fingerprint density at radius 1 is 1.32 bits per heavy atom. The standard InChI is InChI=1S/C16H23N5O3S/c1-9(2)12(14(22)18-15(17)23)25-16-20-19-13(10(3)4)21(16)8-11-6-5-7-24-11/h5-7,9-10,12H,8H2,1-4H3,(H3,17,18,22,23)/t12-/m1/s1. The van der Waals surface area contributed by atoms with E-state index in [1.165, 1.54) is 11.8 Å². The molecule has 0 aliphatic carbocycles. The number of nitrogens with one attached hydrogen (secondary N) is 1. The molecular weight excluding hydrogens is 342 g/mol. The number of nitrogens with zero attached hydrogens (tertiary/aromatic N) is 3. The largest absolute Gasteiger partial charge is 0.467 e. The molecule has 1 atom stereocenters. The van der Waals surface area contributed by atoms with Crippen molar-refractivity contribution in [2.24, 2.45) is 11.7 Å². The average molecular weight is 365 g/mol. The van der Waals surface area contributed by atoms with Gasteiger partial charge in [0.1, 0.15) is 11.6 Å². The van der Waals surface area contributed by atoms with E-state index in [1.54, 1.807) is 6.26 Å². The number of carbonyl (C=O) groups is 2. The molecule has 8 nitrogen and oxygen atoms in total. The van der Waals surface area contributed by atoms with Crippen LogP contribution in [-0.2, 0) is 11.3 Å². The van der Waals surface area contributed by atoms with E-state index in [2.05, 4.69) is 15.5 Å². The van der Waals surface area contributed by atoms with Crippen molar-refractivity contribution < 1.29 is 14.0 Å². The SMILES string of the molecule is CC(C)c1nnc(S[C@@H](C(=O)NC(N)=O)C(C)C)n1Cc1ccco1. The molecule has 0 spiro atoms. The highest BCUT2D eigenvalue weighted by Gasteiger charge is 2.28. The Morgan fingerprint density at radius 2 is 2.04 bits per heavy atom. The molecular formula is C16H23N5O3S. The molecule has 2 heterocycles. The zero-order valence-corrected chi connectivity index (χ0v) is 15.5. The third-order valence-corrected chi connectivity index (χ3v) is 5.02. The van der Waals surface area contributed by atoms with E-state index in [-0.39, 0.29) is 11.8 Å². The lowest BCUT2D eigenvalue weighted by Crippen LogP contribution is -2.42. The first-order valence-electron chi connectivity index (χ1n) is 8.02. The molecule has 0 saturated heterocycles. The van der Waals surface area contributed by atoms with Crippen LogP contribution in [0.15, 0.2) is 28.0 Å². The first-order valence-corrected chi connectivity index (χ1v) is 8.90. The van der Waals surface area contributed by atoms with Gasteiger partial charge in [-0.3, -0.25) is 14.7 Å². The summed E-state index contributed by atoms with van der Waals surface area (Å²) in [6, 6.07) is 2.83. The van der Waals surface area contributed by atoms with Gasteiger partial charge in [0.15, 0.2) is 5.16 Å². The van der Waals surface area contributed by atoms with Gasteiger partial charge in [-0.2, -0.15) is 0 Å². The van der Waals surface area contributed by atoms with Crippen LogP contribution >= 0.6 is 11.8 Å². The summed E-state index contributed by atoms with van der Waals surface area (Å²) >= 11 is 1.26. The highest BCUT2D eigenvalue weighted by Crippen LogP contribution is 2.29. The smallest absolute Gasteiger partial charge is 0.318 e. The molecule has 136 valence electrons. The fourth-order valence-corrected chi connectivity index (χ4v) is 3.36. The van der Waals surface area contributed by atoms with E-state index >= 15 is 0 Å². The normalized spacial score (nSPS) is 12.6. The van der Waals surface area contributed by atoms with Crippen molar-refractivity contribution in [1.82, 2.24) is 20.1 Å². The number of hydrogen-bond acceptors (Lipinski definition) is 6. The lowest BCUT2D eigenvalue weighted by atomic mass is 10.1. The molecule has 0 aliphatic heterocycles. The van der Waals surface area contributed by atoms with E-state index in [0.29, 0.717) is 11.7 Å². The van der Waals surface area contributed by atoms with Crippen molar-refractivity contribution in [1.29, 1.82) is 0 Å². The van der Waals surface area contributed by atoms with Gasteiger partial charge >= 0.3 is 6.03 Å². The number of primary amides is 1. The highest BCUT2D eigenvalue weighted by atomic mass is 32.2. The molecule has 0 radical (unpaired) electrons. The number of imide groups is 1. The summed E-state index contributed by atoms with van der Waals surface area (Å²) in [6.07, 6.45) is 1.61. The van der Waals surface area contributed by atoms with Crippen LogP contribution < -0.4 is 11.1 Å². The molecule has 0 unspecified atom stereocenters. The molecule has 25 heavy (non-hydrogen) atoms. The first kappa shape index (κ1) is 19.0. The van der Waals surface area contributed by atoms with Gasteiger partial charge in [-0.1, -0.05) is 39.5 Å². The summed E-state index contributed by atoms with van der Waals surface area (Å²) in [5.41, 5.74) is 5.06. The maximum absolute atomic E-state index is 12.3. The van der Waals surface area contributed by atoms with Crippen LogP contribution in [0.25, 0.3) is 0 Å². The van der Waals surface area contributed by atoms with Crippen LogP contribution in [0.1, 0.15) is 45.2 Å². The second-order valence-electron chi connectivity index (χ2n) is 6.30. The van der Waals surface area contributed by atoms with E-state index in [0.717, 1.165) is 11.6 Å². The van der Waals surface area contributed by atoms with Crippen molar-refractivity contribution in [3.05, 3.63) is 30.0 Å². The predicted octanol–water partition coefficient (Wildman–Crippen LogP) is 2.35. The van der Waals surface area contributed by atoms with Gasteiger partial charge in [0.25, 0.3) is 0 Å². The van der Waals surface area contributed by atoms with Gasteiger partial charge in [-0.15, -0.1) is 10.2 Å². The molecule has 0 saturated carbocycles. The Labute approximate surface area is 150 Å². The van der Waals surface area contributed by atoms with Crippen molar-refractivity contribution in [3.63, 3.8) is 0 Å². The Kier molecular flexibility index (Phi) is 6.24. The Bertz CT molecular complexity index is 724. The molecule has 3 N–H and O–H groups in total. The van der Waals surface area contributed by atoms with Gasteiger partial charge in [0.05, 0.1) is 18.1 Å².